The van der Waals surface area contributed by atoms with Crippen LogP contribution in [0, 0.1) is 6.61 Å². The molecule has 0 aliphatic rings. The van der Waals surface area contributed by atoms with E-state index in [0.717, 1.165) is 5.75 Å². The highest BCUT2D eigenvalue weighted by molar-refractivity contribution is 5.22. The van der Waals surface area contributed by atoms with Gasteiger partial charge in [-0.05, 0) is 24.3 Å². The first kappa shape index (κ1) is 7.92. The van der Waals surface area contributed by atoms with E-state index in [9.17, 15) is 0 Å². The van der Waals surface area contributed by atoms with E-state index >= 15 is 0 Å². The molecule has 0 amide bonds. The molecule has 2 aromatic rings. The van der Waals surface area contributed by atoms with Crippen molar-refractivity contribution < 1.29 is 9.15 Å². The molecular formula is C11H9O2. The maximum Gasteiger partial charge on any atom is 0.200 e. The third-order valence-electron chi connectivity index (χ3n) is 1.60. The van der Waals surface area contributed by atoms with Crippen LogP contribution in [0.1, 0.15) is 5.76 Å². The molecule has 0 saturated heterocycles. The fourth-order valence-corrected chi connectivity index (χ4v) is 0.984. The molecule has 0 unspecified atom stereocenters. The second kappa shape index (κ2) is 3.81. The van der Waals surface area contributed by atoms with Gasteiger partial charge in [0.15, 0.2) is 6.61 Å². The summed E-state index contributed by atoms with van der Waals surface area (Å²) >= 11 is 0. The number of hydrogen-bond donors (Lipinski definition) is 0. The first-order valence-electron chi connectivity index (χ1n) is 4.03. The first-order chi connectivity index (χ1) is 6.45. The molecule has 0 bridgehead atoms. The van der Waals surface area contributed by atoms with Gasteiger partial charge in [0.2, 0.25) is 0 Å². The van der Waals surface area contributed by atoms with E-state index in [0.29, 0.717) is 5.76 Å². The molecule has 13 heavy (non-hydrogen) atoms. The van der Waals surface area contributed by atoms with Crippen molar-refractivity contribution in [2.24, 2.45) is 0 Å². The van der Waals surface area contributed by atoms with Crippen LogP contribution >= 0.6 is 0 Å². The van der Waals surface area contributed by atoms with E-state index in [1.54, 1.807) is 12.9 Å². The Kier molecular flexibility index (Phi) is 2.32. The average molecular weight is 173 g/mol. The van der Waals surface area contributed by atoms with E-state index in [1.165, 1.54) is 0 Å². The van der Waals surface area contributed by atoms with Gasteiger partial charge in [-0.3, -0.25) is 0 Å². The number of rotatable bonds is 3. The minimum Gasteiger partial charge on any atom is -0.478 e. The van der Waals surface area contributed by atoms with Crippen molar-refractivity contribution in [1.29, 1.82) is 0 Å². The van der Waals surface area contributed by atoms with Crippen LogP contribution in [0.25, 0.3) is 0 Å². The van der Waals surface area contributed by atoms with Crippen LogP contribution in [-0.4, -0.2) is 0 Å². The minimum atomic E-state index is 0.712. The number of benzene rings is 1. The summed E-state index contributed by atoms with van der Waals surface area (Å²) in [6, 6.07) is 13.2. The molecule has 1 aromatic heterocycles. The van der Waals surface area contributed by atoms with E-state index in [1.807, 2.05) is 42.5 Å². The van der Waals surface area contributed by atoms with Gasteiger partial charge in [-0.2, -0.15) is 0 Å². The Hall–Kier alpha value is -1.70. The predicted molar refractivity (Wildman–Crippen MR) is 49.2 cm³/mol. The van der Waals surface area contributed by atoms with Crippen molar-refractivity contribution in [3.05, 3.63) is 61.1 Å². The van der Waals surface area contributed by atoms with Gasteiger partial charge in [-0.25, -0.2) is 0 Å². The largest absolute Gasteiger partial charge is 0.478 e. The van der Waals surface area contributed by atoms with Gasteiger partial charge in [0.1, 0.15) is 11.5 Å². The summed E-state index contributed by atoms with van der Waals surface area (Å²) in [4.78, 5) is 0. The fourth-order valence-electron chi connectivity index (χ4n) is 0.984. The van der Waals surface area contributed by atoms with Gasteiger partial charge in [-0.1, -0.05) is 18.2 Å². The molecule has 0 saturated carbocycles. The molecule has 0 aliphatic heterocycles. The Morgan fingerprint density at radius 1 is 1.00 bits per heavy atom. The standard InChI is InChI=1S/C11H9O2/c1-2-5-10(6-3-1)13-9-11-7-4-8-12-11/h1-9H. The monoisotopic (exact) mass is 173 g/mol. The zero-order valence-corrected chi connectivity index (χ0v) is 7.01. The highest BCUT2D eigenvalue weighted by Gasteiger charge is 1.97. The van der Waals surface area contributed by atoms with Crippen LogP contribution in [0.5, 0.6) is 5.75 Å². The van der Waals surface area contributed by atoms with Crippen LogP contribution < -0.4 is 4.74 Å². The lowest BCUT2D eigenvalue weighted by molar-refractivity contribution is 0.386. The quantitative estimate of drug-likeness (QED) is 0.712. The molecule has 0 fully saturated rings. The normalized spacial score (nSPS) is 9.85. The molecule has 2 heteroatoms. The van der Waals surface area contributed by atoms with Gasteiger partial charge in [0.25, 0.3) is 0 Å². The number of para-hydroxylation sites is 1. The van der Waals surface area contributed by atoms with Gasteiger partial charge in [0, 0.05) is 0 Å². The SMILES string of the molecule is [CH](Oc1ccccc1)c1ccco1. The Morgan fingerprint density at radius 2 is 1.85 bits per heavy atom. The van der Waals surface area contributed by atoms with Crippen LogP contribution in [-0.2, 0) is 0 Å². The first-order valence-corrected chi connectivity index (χ1v) is 4.03. The zero-order valence-electron chi connectivity index (χ0n) is 7.01. The molecule has 1 heterocycles. The summed E-state index contributed by atoms with van der Waals surface area (Å²) in [7, 11) is 0. The van der Waals surface area contributed by atoms with Crippen molar-refractivity contribution in [3.63, 3.8) is 0 Å². The van der Waals surface area contributed by atoms with Crippen molar-refractivity contribution in [2.45, 2.75) is 0 Å². The Labute approximate surface area is 76.8 Å². The molecule has 0 N–H and O–H groups in total. The summed E-state index contributed by atoms with van der Waals surface area (Å²) in [5.41, 5.74) is 0. The summed E-state index contributed by atoms with van der Waals surface area (Å²) in [6.07, 6.45) is 1.61. The van der Waals surface area contributed by atoms with Crippen molar-refractivity contribution in [1.82, 2.24) is 0 Å². The Morgan fingerprint density at radius 3 is 2.54 bits per heavy atom. The maximum absolute atomic E-state index is 5.33. The predicted octanol–water partition coefficient (Wildman–Crippen LogP) is 2.87. The van der Waals surface area contributed by atoms with E-state index in [2.05, 4.69) is 0 Å². The van der Waals surface area contributed by atoms with Crippen LogP contribution in [0.2, 0.25) is 0 Å². The molecule has 1 radical (unpaired) electrons. The van der Waals surface area contributed by atoms with Gasteiger partial charge >= 0.3 is 0 Å². The van der Waals surface area contributed by atoms with Crippen LogP contribution in [0.15, 0.2) is 53.1 Å². The molecule has 65 valence electrons. The summed E-state index contributed by atoms with van der Waals surface area (Å²) in [5, 5.41) is 0. The van der Waals surface area contributed by atoms with Crippen molar-refractivity contribution in [2.75, 3.05) is 0 Å². The molecule has 1 aromatic carbocycles. The fraction of sp³-hybridized carbons (Fsp3) is 0. The summed E-state index contributed by atoms with van der Waals surface area (Å²) < 4.78 is 10.4. The third kappa shape index (κ3) is 2.12. The smallest absolute Gasteiger partial charge is 0.200 e. The van der Waals surface area contributed by atoms with Crippen LogP contribution in [0.4, 0.5) is 0 Å². The van der Waals surface area contributed by atoms with E-state index in [-0.39, 0.29) is 0 Å². The second-order valence-corrected chi connectivity index (χ2v) is 2.56. The molecule has 2 nitrogen and oxygen atoms in total. The Bertz CT molecular complexity index is 338. The minimum absolute atomic E-state index is 0.712. The van der Waals surface area contributed by atoms with Gasteiger partial charge in [0.05, 0.1) is 6.26 Å². The van der Waals surface area contributed by atoms with Crippen molar-refractivity contribution >= 4 is 0 Å². The van der Waals surface area contributed by atoms with Gasteiger partial charge < -0.3 is 9.15 Å². The zero-order chi connectivity index (χ0) is 8.93. The molecule has 0 aliphatic carbocycles. The van der Waals surface area contributed by atoms with E-state index < -0.39 is 0 Å². The highest BCUT2D eigenvalue weighted by atomic mass is 16.5. The van der Waals surface area contributed by atoms with Crippen molar-refractivity contribution in [3.8, 4) is 5.75 Å². The third-order valence-corrected chi connectivity index (χ3v) is 1.60. The van der Waals surface area contributed by atoms with Crippen LogP contribution in [0.3, 0.4) is 0 Å². The highest BCUT2D eigenvalue weighted by Crippen LogP contribution is 2.12. The second-order valence-electron chi connectivity index (χ2n) is 2.56. The maximum atomic E-state index is 5.33. The van der Waals surface area contributed by atoms with E-state index in [4.69, 9.17) is 9.15 Å². The molecule has 0 spiro atoms. The lowest BCUT2D eigenvalue weighted by Gasteiger charge is -2.01. The number of furan rings is 1. The Balaban J connectivity index is 1.94. The van der Waals surface area contributed by atoms with Gasteiger partial charge in [-0.15, -0.1) is 0 Å². The average Bonchev–Trinajstić information content (AvgIpc) is 2.69. The molecular weight excluding hydrogens is 164 g/mol. The number of hydrogen-bond acceptors (Lipinski definition) is 2. The lowest BCUT2D eigenvalue weighted by Crippen LogP contribution is -1.89. The topological polar surface area (TPSA) is 22.4 Å². The summed E-state index contributed by atoms with van der Waals surface area (Å²) in [6.45, 7) is 1.58. The lowest BCUT2D eigenvalue weighted by atomic mass is 10.3. The molecule has 2 rings (SSSR count). The summed E-state index contributed by atoms with van der Waals surface area (Å²) in [5.74, 6) is 1.52. The number of ether oxygens (including phenoxy) is 1. The molecule has 0 atom stereocenters.